The van der Waals surface area contributed by atoms with Crippen LogP contribution in [0.1, 0.15) is 54.9 Å². The van der Waals surface area contributed by atoms with Crippen molar-refractivity contribution < 1.29 is 23.9 Å². The largest absolute Gasteiger partial charge is 0.465 e. The summed E-state index contributed by atoms with van der Waals surface area (Å²) in [5.41, 5.74) is 1.87. The molecule has 0 unspecified atom stereocenters. The minimum atomic E-state index is -1.02. The van der Waals surface area contributed by atoms with E-state index in [1.807, 2.05) is 0 Å². The van der Waals surface area contributed by atoms with Gasteiger partial charge in [-0.05, 0) is 43.9 Å². The van der Waals surface area contributed by atoms with Crippen LogP contribution in [0.4, 0.5) is 5.00 Å². The number of aryl methyl sites for hydroxylation is 1. The van der Waals surface area contributed by atoms with Crippen LogP contribution in [0.3, 0.4) is 0 Å². The SMILES string of the molecule is COC(=O)c1c(NC(=O)[C@H](C)N2C(=O)c3ccccc3C2=O)sc2c1CCC2. The number of anilines is 1. The van der Waals surface area contributed by atoms with Crippen molar-refractivity contribution in [2.24, 2.45) is 0 Å². The number of nitrogens with zero attached hydrogens (tertiary/aromatic N) is 1. The molecule has 3 amide bonds. The minimum absolute atomic E-state index is 0.289. The van der Waals surface area contributed by atoms with Gasteiger partial charge in [-0.25, -0.2) is 4.79 Å². The molecule has 28 heavy (non-hydrogen) atoms. The van der Waals surface area contributed by atoms with E-state index in [-0.39, 0.29) is 11.1 Å². The van der Waals surface area contributed by atoms with Gasteiger partial charge < -0.3 is 10.1 Å². The summed E-state index contributed by atoms with van der Waals surface area (Å²) in [5, 5.41) is 3.14. The number of imide groups is 1. The van der Waals surface area contributed by atoms with E-state index >= 15 is 0 Å². The van der Waals surface area contributed by atoms with E-state index < -0.39 is 29.7 Å². The fourth-order valence-electron chi connectivity index (χ4n) is 3.70. The molecule has 2 aliphatic rings. The summed E-state index contributed by atoms with van der Waals surface area (Å²) >= 11 is 1.35. The van der Waals surface area contributed by atoms with Crippen LogP contribution in [-0.4, -0.2) is 41.7 Å². The van der Waals surface area contributed by atoms with Crippen LogP contribution in [0.25, 0.3) is 0 Å². The summed E-state index contributed by atoms with van der Waals surface area (Å²) in [6, 6.07) is 5.47. The molecular formula is C20H18N2O5S. The number of rotatable bonds is 4. The summed E-state index contributed by atoms with van der Waals surface area (Å²) in [6.07, 6.45) is 2.58. The molecule has 0 saturated carbocycles. The molecule has 1 aliphatic heterocycles. The molecule has 1 aliphatic carbocycles. The summed E-state index contributed by atoms with van der Waals surface area (Å²) in [7, 11) is 1.30. The Morgan fingerprint density at radius 1 is 1.14 bits per heavy atom. The van der Waals surface area contributed by atoms with Gasteiger partial charge in [0.05, 0.1) is 23.8 Å². The fourth-order valence-corrected chi connectivity index (χ4v) is 4.98. The Labute approximate surface area is 165 Å². The monoisotopic (exact) mass is 398 g/mol. The molecule has 1 aromatic heterocycles. The Bertz CT molecular complexity index is 991. The van der Waals surface area contributed by atoms with Gasteiger partial charge in [0, 0.05) is 4.88 Å². The summed E-state index contributed by atoms with van der Waals surface area (Å²) in [5.74, 6) is -2.02. The smallest absolute Gasteiger partial charge is 0.341 e. The number of thiophene rings is 1. The fraction of sp³-hybridized carbons (Fsp3) is 0.300. The molecular weight excluding hydrogens is 380 g/mol. The summed E-state index contributed by atoms with van der Waals surface area (Å²) in [6.45, 7) is 1.50. The zero-order valence-corrected chi connectivity index (χ0v) is 16.2. The number of methoxy groups -OCH3 is 1. The number of benzene rings is 1. The van der Waals surface area contributed by atoms with Crippen LogP contribution in [0, 0.1) is 0 Å². The Hall–Kier alpha value is -3.00. The quantitative estimate of drug-likeness (QED) is 0.631. The van der Waals surface area contributed by atoms with Crippen LogP contribution >= 0.6 is 11.3 Å². The van der Waals surface area contributed by atoms with Crippen LogP contribution in [0.2, 0.25) is 0 Å². The molecule has 7 nitrogen and oxygen atoms in total. The molecule has 0 radical (unpaired) electrons. The van der Waals surface area contributed by atoms with Gasteiger partial charge in [-0.3, -0.25) is 19.3 Å². The lowest BCUT2D eigenvalue weighted by molar-refractivity contribution is -0.119. The topological polar surface area (TPSA) is 92.8 Å². The highest BCUT2D eigenvalue weighted by Crippen LogP contribution is 2.39. The number of hydrogen-bond acceptors (Lipinski definition) is 6. The van der Waals surface area contributed by atoms with E-state index in [9.17, 15) is 19.2 Å². The van der Waals surface area contributed by atoms with Gasteiger partial charge in [0.2, 0.25) is 5.91 Å². The highest BCUT2D eigenvalue weighted by Gasteiger charge is 2.41. The second-order valence-electron chi connectivity index (χ2n) is 6.74. The van der Waals surface area contributed by atoms with Gasteiger partial charge >= 0.3 is 5.97 Å². The number of carbonyl (C=O) groups excluding carboxylic acids is 4. The molecule has 1 N–H and O–H groups in total. The Balaban J connectivity index is 1.59. The lowest BCUT2D eigenvalue weighted by Crippen LogP contribution is -2.45. The van der Waals surface area contributed by atoms with Gasteiger partial charge in [0.25, 0.3) is 11.8 Å². The predicted molar refractivity (Wildman–Crippen MR) is 103 cm³/mol. The van der Waals surface area contributed by atoms with Crippen LogP contribution in [0.5, 0.6) is 0 Å². The number of ether oxygens (including phenoxy) is 1. The Kier molecular flexibility index (Phi) is 4.50. The van der Waals surface area contributed by atoms with E-state index in [4.69, 9.17) is 4.74 Å². The summed E-state index contributed by atoms with van der Waals surface area (Å²) < 4.78 is 4.88. The minimum Gasteiger partial charge on any atom is -0.465 e. The van der Waals surface area contributed by atoms with Crippen molar-refractivity contribution in [3.05, 3.63) is 51.4 Å². The molecule has 1 atom stereocenters. The maximum Gasteiger partial charge on any atom is 0.341 e. The van der Waals surface area contributed by atoms with E-state index in [2.05, 4.69) is 5.32 Å². The van der Waals surface area contributed by atoms with Crippen LogP contribution < -0.4 is 5.32 Å². The second-order valence-corrected chi connectivity index (χ2v) is 7.85. The molecule has 2 aromatic rings. The molecule has 144 valence electrons. The normalized spacial score (nSPS) is 16.0. The molecule has 4 rings (SSSR count). The number of esters is 1. The van der Waals surface area contributed by atoms with E-state index in [1.165, 1.54) is 25.4 Å². The van der Waals surface area contributed by atoms with Gasteiger partial charge in [-0.1, -0.05) is 12.1 Å². The van der Waals surface area contributed by atoms with Crippen molar-refractivity contribution >= 4 is 40.0 Å². The highest BCUT2D eigenvalue weighted by molar-refractivity contribution is 7.17. The summed E-state index contributed by atoms with van der Waals surface area (Å²) in [4.78, 5) is 52.3. The van der Waals surface area contributed by atoms with Crippen molar-refractivity contribution in [2.75, 3.05) is 12.4 Å². The van der Waals surface area contributed by atoms with Crippen molar-refractivity contribution in [3.63, 3.8) is 0 Å². The molecule has 0 saturated heterocycles. The Morgan fingerprint density at radius 2 is 1.79 bits per heavy atom. The third-order valence-electron chi connectivity index (χ3n) is 5.14. The highest BCUT2D eigenvalue weighted by atomic mass is 32.1. The molecule has 0 spiro atoms. The molecule has 1 aromatic carbocycles. The first-order valence-electron chi connectivity index (χ1n) is 8.94. The average Bonchev–Trinajstić information content (AvgIpc) is 3.34. The predicted octanol–water partition coefficient (Wildman–Crippen LogP) is 2.65. The van der Waals surface area contributed by atoms with Gasteiger partial charge in [-0.2, -0.15) is 0 Å². The third kappa shape index (κ3) is 2.72. The molecule has 0 fully saturated rings. The number of amides is 3. The van der Waals surface area contributed by atoms with Crippen LogP contribution in [0.15, 0.2) is 24.3 Å². The van der Waals surface area contributed by atoms with Crippen molar-refractivity contribution in [3.8, 4) is 0 Å². The number of hydrogen-bond donors (Lipinski definition) is 1. The zero-order chi connectivity index (χ0) is 20.0. The molecule has 2 heterocycles. The van der Waals surface area contributed by atoms with Crippen molar-refractivity contribution in [1.29, 1.82) is 0 Å². The van der Waals surface area contributed by atoms with E-state index in [0.29, 0.717) is 10.6 Å². The maximum absolute atomic E-state index is 12.8. The lowest BCUT2D eigenvalue weighted by atomic mass is 10.1. The Morgan fingerprint density at radius 3 is 2.39 bits per heavy atom. The first-order valence-corrected chi connectivity index (χ1v) is 9.76. The van der Waals surface area contributed by atoms with Gasteiger partial charge in [0.1, 0.15) is 11.0 Å². The van der Waals surface area contributed by atoms with Gasteiger partial charge in [0.15, 0.2) is 0 Å². The van der Waals surface area contributed by atoms with Gasteiger partial charge in [-0.15, -0.1) is 11.3 Å². The average molecular weight is 398 g/mol. The number of fused-ring (bicyclic) bond motifs is 2. The maximum atomic E-state index is 12.8. The lowest BCUT2D eigenvalue weighted by Gasteiger charge is -2.21. The van der Waals surface area contributed by atoms with E-state index in [0.717, 1.165) is 34.6 Å². The first-order chi connectivity index (χ1) is 13.4. The standard InChI is InChI=1S/C20H18N2O5S/c1-10(22-18(24)11-6-3-4-7-12(11)19(22)25)16(23)21-17-15(20(26)27-2)13-8-5-9-14(13)28-17/h3-4,6-7,10H,5,8-9H2,1-2H3,(H,21,23)/t10-/m0/s1. The van der Waals surface area contributed by atoms with Crippen molar-refractivity contribution in [2.45, 2.75) is 32.2 Å². The zero-order valence-electron chi connectivity index (χ0n) is 15.4. The number of nitrogens with one attached hydrogen (secondary N) is 1. The number of carbonyl (C=O) groups is 4. The van der Waals surface area contributed by atoms with Crippen molar-refractivity contribution in [1.82, 2.24) is 4.90 Å². The van der Waals surface area contributed by atoms with E-state index in [1.54, 1.807) is 24.3 Å². The first kappa shape index (κ1) is 18.4. The third-order valence-corrected chi connectivity index (χ3v) is 6.35. The van der Waals surface area contributed by atoms with Crippen LogP contribution in [-0.2, 0) is 22.4 Å². The molecule has 0 bridgehead atoms. The second kappa shape index (κ2) is 6.87. The molecule has 8 heteroatoms.